The average Bonchev–Trinajstić information content (AvgIpc) is 2.83. The number of aromatic amines is 1. The van der Waals surface area contributed by atoms with Gasteiger partial charge >= 0.3 is 0 Å². The Kier molecular flexibility index (Phi) is 4.80. The lowest BCUT2D eigenvalue weighted by atomic mass is 9.92. The molecule has 0 radical (unpaired) electrons. The number of piperidine rings is 1. The number of benzene rings is 1. The third kappa shape index (κ3) is 3.16. The molecule has 5 nitrogen and oxygen atoms in total. The number of amides is 1. The molecule has 1 aromatic carbocycles. The summed E-state index contributed by atoms with van der Waals surface area (Å²) in [6, 6.07) is 5.02. The molecule has 1 fully saturated rings. The molecule has 114 valence electrons. The summed E-state index contributed by atoms with van der Waals surface area (Å²) < 4.78 is 13.8. The molecule has 2 atom stereocenters. The van der Waals surface area contributed by atoms with Gasteiger partial charge in [-0.15, -0.1) is 12.4 Å². The van der Waals surface area contributed by atoms with Crippen LogP contribution in [0.4, 0.5) is 10.2 Å². The Bertz CT molecular complexity index is 645. The molecule has 1 aromatic heterocycles. The molecule has 2 heterocycles. The number of hydrogen-bond acceptors (Lipinski definition) is 3. The lowest BCUT2D eigenvalue weighted by molar-refractivity contribution is -0.120. The van der Waals surface area contributed by atoms with E-state index in [1.54, 1.807) is 12.1 Å². The van der Waals surface area contributed by atoms with E-state index in [0.29, 0.717) is 16.9 Å². The second-order valence-corrected chi connectivity index (χ2v) is 5.30. The van der Waals surface area contributed by atoms with E-state index in [0.717, 1.165) is 19.4 Å². The molecule has 1 saturated heterocycles. The fourth-order valence-corrected chi connectivity index (χ4v) is 2.71. The first-order chi connectivity index (χ1) is 9.65. The predicted octanol–water partition coefficient (Wildman–Crippen LogP) is 2.45. The topological polar surface area (TPSA) is 69.8 Å². The molecule has 0 spiro atoms. The van der Waals surface area contributed by atoms with Crippen molar-refractivity contribution in [2.24, 2.45) is 5.92 Å². The Labute approximate surface area is 128 Å². The van der Waals surface area contributed by atoms with E-state index < -0.39 is 0 Å². The highest BCUT2D eigenvalue weighted by molar-refractivity contribution is 6.00. The summed E-state index contributed by atoms with van der Waals surface area (Å²) in [5, 5.41) is 13.1. The number of H-pyrrole nitrogens is 1. The molecule has 0 unspecified atom stereocenters. The van der Waals surface area contributed by atoms with Crippen LogP contribution in [0.15, 0.2) is 18.2 Å². The number of hydrogen-bond donors (Lipinski definition) is 3. The molecule has 7 heteroatoms. The molecular weight excluding hydrogens is 295 g/mol. The largest absolute Gasteiger partial charge is 0.314 e. The quantitative estimate of drug-likeness (QED) is 0.798. The third-order valence-electron chi connectivity index (χ3n) is 3.77. The van der Waals surface area contributed by atoms with Gasteiger partial charge in [-0.3, -0.25) is 9.89 Å². The molecule has 1 amide bonds. The van der Waals surface area contributed by atoms with Gasteiger partial charge in [0.05, 0.1) is 10.9 Å². The highest BCUT2D eigenvalue weighted by atomic mass is 35.5. The first-order valence-corrected chi connectivity index (χ1v) is 6.82. The molecule has 0 aliphatic carbocycles. The molecule has 0 bridgehead atoms. The molecule has 3 N–H and O–H groups in total. The maximum Gasteiger partial charge on any atom is 0.228 e. The summed E-state index contributed by atoms with van der Waals surface area (Å²) in [6.45, 7) is 2.89. The number of nitrogens with zero attached hydrogens (tertiary/aromatic N) is 1. The van der Waals surface area contributed by atoms with Crippen LogP contribution in [0.25, 0.3) is 10.9 Å². The normalized spacial score (nSPS) is 21.8. The zero-order valence-electron chi connectivity index (χ0n) is 11.6. The molecule has 1 aliphatic rings. The van der Waals surface area contributed by atoms with Crippen LogP contribution in [-0.2, 0) is 4.79 Å². The van der Waals surface area contributed by atoms with Gasteiger partial charge in [0.15, 0.2) is 5.82 Å². The summed E-state index contributed by atoms with van der Waals surface area (Å²) in [5.41, 5.74) is 0.582. The minimum absolute atomic E-state index is 0. The van der Waals surface area contributed by atoms with Crippen LogP contribution in [-0.4, -0.2) is 28.7 Å². The van der Waals surface area contributed by atoms with Gasteiger partial charge in [0, 0.05) is 12.0 Å². The van der Waals surface area contributed by atoms with Crippen LogP contribution in [0.5, 0.6) is 0 Å². The van der Waals surface area contributed by atoms with Crippen molar-refractivity contribution in [2.45, 2.75) is 25.8 Å². The highest BCUT2D eigenvalue weighted by Crippen LogP contribution is 2.25. The van der Waals surface area contributed by atoms with Gasteiger partial charge < -0.3 is 10.6 Å². The lowest BCUT2D eigenvalue weighted by Crippen LogP contribution is -2.40. The zero-order valence-corrected chi connectivity index (χ0v) is 12.5. The van der Waals surface area contributed by atoms with E-state index >= 15 is 0 Å². The van der Waals surface area contributed by atoms with E-state index in [1.807, 2.05) is 0 Å². The Hall–Kier alpha value is -1.66. The monoisotopic (exact) mass is 312 g/mol. The summed E-state index contributed by atoms with van der Waals surface area (Å²) in [7, 11) is 0. The number of rotatable bonds is 2. The Morgan fingerprint density at radius 3 is 3.05 bits per heavy atom. The molecule has 2 aromatic rings. The van der Waals surface area contributed by atoms with Crippen LogP contribution in [0.2, 0.25) is 0 Å². The fraction of sp³-hybridized carbons (Fsp3) is 0.429. The number of anilines is 1. The van der Waals surface area contributed by atoms with Crippen molar-refractivity contribution in [3.8, 4) is 0 Å². The number of aromatic nitrogens is 2. The SMILES string of the molecule is C[C@H]1C[C@@H](C(=O)Nc2n[nH]c3cccc(F)c23)CCN1.Cl. The fourth-order valence-electron chi connectivity index (χ4n) is 2.71. The third-order valence-corrected chi connectivity index (χ3v) is 3.77. The maximum absolute atomic E-state index is 13.8. The minimum atomic E-state index is -0.384. The Morgan fingerprint density at radius 2 is 2.29 bits per heavy atom. The molecular formula is C14H18ClFN4O. The van der Waals surface area contributed by atoms with Crippen LogP contribution in [0.1, 0.15) is 19.8 Å². The van der Waals surface area contributed by atoms with Crippen molar-refractivity contribution >= 4 is 35.0 Å². The summed E-state index contributed by atoms with van der Waals surface area (Å²) in [6.07, 6.45) is 1.58. The van der Waals surface area contributed by atoms with Crippen LogP contribution in [0, 0.1) is 11.7 Å². The number of carbonyl (C=O) groups is 1. The second kappa shape index (κ2) is 6.41. The average molecular weight is 313 g/mol. The first kappa shape index (κ1) is 15.7. The van der Waals surface area contributed by atoms with Crippen molar-refractivity contribution < 1.29 is 9.18 Å². The van der Waals surface area contributed by atoms with E-state index in [-0.39, 0.29) is 35.9 Å². The van der Waals surface area contributed by atoms with Gasteiger partial charge in [0.2, 0.25) is 5.91 Å². The zero-order chi connectivity index (χ0) is 14.1. The van der Waals surface area contributed by atoms with Gasteiger partial charge in [0.25, 0.3) is 0 Å². The van der Waals surface area contributed by atoms with Gasteiger partial charge in [-0.2, -0.15) is 5.10 Å². The standard InChI is InChI=1S/C14H17FN4O.ClH/c1-8-7-9(5-6-16-8)14(20)17-13-12-10(15)3-2-4-11(12)18-19-13;/h2-4,8-9,16H,5-7H2,1H3,(H2,17,18,19,20);1H/t8-,9-;/m0./s1. The van der Waals surface area contributed by atoms with Gasteiger partial charge in [-0.1, -0.05) is 6.07 Å². The van der Waals surface area contributed by atoms with Gasteiger partial charge in [0.1, 0.15) is 5.82 Å². The number of fused-ring (bicyclic) bond motifs is 1. The van der Waals surface area contributed by atoms with Gasteiger partial charge in [-0.25, -0.2) is 4.39 Å². The van der Waals surface area contributed by atoms with E-state index in [2.05, 4.69) is 27.8 Å². The molecule has 0 saturated carbocycles. The Balaban J connectivity index is 0.00000161. The van der Waals surface area contributed by atoms with E-state index in [4.69, 9.17) is 0 Å². The van der Waals surface area contributed by atoms with Crippen LogP contribution in [0.3, 0.4) is 0 Å². The second-order valence-electron chi connectivity index (χ2n) is 5.30. The van der Waals surface area contributed by atoms with Crippen LogP contribution >= 0.6 is 12.4 Å². The van der Waals surface area contributed by atoms with E-state index in [1.165, 1.54) is 6.07 Å². The molecule has 3 rings (SSSR count). The number of carbonyl (C=O) groups excluding carboxylic acids is 1. The molecule has 1 aliphatic heterocycles. The lowest BCUT2D eigenvalue weighted by Gasteiger charge is -2.26. The van der Waals surface area contributed by atoms with Crippen molar-refractivity contribution in [3.05, 3.63) is 24.0 Å². The molecule has 21 heavy (non-hydrogen) atoms. The smallest absolute Gasteiger partial charge is 0.228 e. The van der Waals surface area contributed by atoms with Crippen molar-refractivity contribution in [2.75, 3.05) is 11.9 Å². The number of halogens is 2. The van der Waals surface area contributed by atoms with Crippen molar-refractivity contribution in [3.63, 3.8) is 0 Å². The van der Waals surface area contributed by atoms with E-state index in [9.17, 15) is 9.18 Å². The van der Waals surface area contributed by atoms with Crippen LogP contribution < -0.4 is 10.6 Å². The summed E-state index contributed by atoms with van der Waals surface area (Å²) in [5.74, 6) is -0.251. The minimum Gasteiger partial charge on any atom is -0.314 e. The maximum atomic E-state index is 13.8. The van der Waals surface area contributed by atoms with Gasteiger partial charge in [-0.05, 0) is 38.4 Å². The number of nitrogens with one attached hydrogen (secondary N) is 3. The first-order valence-electron chi connectivity index (χ1n) is 6.82. The Morgan fingerprint density at radius 1 is 1.48 bits per heavy atom. The van der Waals surface area contributed by atoms with Crippen molar-refractivity contribution in [1.29, 1.82) is 0 Å². The van der Waals surface area contributed by atoms with Crippen molar-refractivity contribution in [1.82, 2.24) is 15.5 Å². The predicted molar refractivity (Wildman–Crippen MR) is 82.1 cm³/mol. The highest BCUT2D eigenvalue weighted by Gasteiger charge is 2.25. The summed E-state index contributed by atoms with van der Waals surface area (Å²) in [4.78, 5) is 12.3. The summed E-state index contributed by atoms with van der Waals surface area (Å²) >= 11 is 0.